The Kier molecular flexibility index (Phi) is 6.59. The van der Waals surface area contributed by atoms with Gasteiger partial charge in [0.1, 0.15) is 10.6 Å². The van der Waals surface area contributed by atoms with Gasteiger partial charge in [0.05, 0.1) is 10.6 Å². The Balaban J connectivity index is 2.01. The molecule has 0 bridgehead atoms. The lowest BCUT2D eigenvalue weighted by molar-refractivity contribution is 0.0734. The van der Waals surface area contributed by atoms with Crippen LogP contribution in [0.3, 0.4) is 0 Å². The van der Waals surface area contributed by atoms with E-state index in [1.165, 1.54) is 19.3 Å². The largest absolute Gasteiger partial charge is 0.423 e. The molecule has 0 spiro atoms. The molecule has 162 valence electrons. The Morgan fingerprint density at radius 3 is 2.10 bits per heavy atom. The van der Waals surface area contributed by atoms with Crippen LogP contribution < -0.4 is 4.74 Å². The van der Waals surface area contributed by atoms with Crippen LogP contribution in [0.2, 0.25) is 5.02 Å². The van der Waals surface area contributed by atoms with Crippen LogP contribution >= 0.6 is 21.8 Å². The third kappa shape index (κ3) is 7.19. The molecule has 0 aliphatic carbocycles. The summed E-state index contributed by atoms with van der Waals surface area (Å²) in [7, 11) is -9.91. The molecule has 0 saturated carbocycles. The van der Waals surface area contributed by atoms with Crippen LogP contribution in [-0.2, 0) is 6.42 Å². The number of hydrogen-bond acceptors (Lipinski definition) is 2. The average Bonchev–Trinajstić information content (AvgIpc) is 2.59. The van der Waals surface area contributed by atoms with Crippen LogP contribution in [0.1, 0.15) is 54.9 Å². The van der Waals surface area contributed by atoms with Gasteiger partial charge in [0, 0.05) is 6.07 Å². The van der Waals surface area contributed by atoms with Crippen LogP contribution in [0.5, 0.6) is 5.75 Å². The molecule has 0 heterocycles. The Hall–Kier alpha value is -1.80. The highest BCUT2D eigenvalue weighted by Gasteiger charge is 2.66. The molecule has 0 aliphatic rings. The molecule has 0 aromatic heterocycles. The molecule has 9 heteroatoms. The van der Waals surface area contributed by atoms with Gasteiger partial charge in [-0.3, -0.25) is 0 Å². The van der Waals surface area contributed by atoms with Crippen molar-refractivity contribution in [3.05, 3.63) is 58.6 Å². The average molecular weight is 457 g/mol. The van der Waals surface area contributed by atoms with Crippen molar-refractivity contribution in [2.75, 3.05) is 0 Å². The molecule has 2 nitrogen and oxygen atoms in total. The van der Waals surface area contributed by atoms with Crippen molar-refractivity contribution in [2.45, 2.75) is 50.3 Å². The SMILES string of the molecule is CCCCCCCc1ccc(C(=O)Oc2ccc(S(F)(F)(F)(F)F)c(Cl)c2)cc1. The predicted octanol–water partition coefficient (Wildman–Crippen LogP) is 8.73. The number of rotatable bonds is 9. The standard InChI is InChI=1S/C20H22ClF5O2S/c1-2-3-4-5-6-7-15-8-10-16(11-9-15)20(27)28-17-12-13-19(18(21)14-17)29(22,23,24,25)26/h8-14H,2-7H2,1H3. The van der Waals surface area contributed by atoms with E-state index >= 15 is 0 Å². The topological polar surface area (TPSA) is 26.3 Å². The summed E-state index contributed by atoms with van der Waals surface area (Å²) in [4.78, 5) is 9.94. The van der Waals surface area contributed by atoms with Gasteiger partial charge < -0.3 is 4.74 Å². The van der Waals surface area contributed by atoms with E-state index in [0.717, 1.165) is 24.8 Å². The quantitative estimate of drug-likeness (QED) is 0.163. The Morgan fingerprint density at radius 2 is 1.55 bits per heavy atom. The number of hydrogen-bond donors (Lipinski definition) is 0. The molecule has 2 aromatic rings. The number of carbonyl (C=O) groups is 1. The highest BCUT2D eigenvalue weighted by atomic mass is 35.5. The monoisotopic (exact) mass is 456 g/mol. The van der Waals surface area contributed by atoms with Crippen molar-refractivity contribution in [2.24, 2.45) is 0 Å². The molecule has 0 aliphatic heterocycles. The Bertz CT molecular complexity index is 867. The summed E-state index contributed by atoms with van der Waals surface area (Å²) in [6.45, 7) is 2.15. The summed E-state index contributed by atoms with van der Waals surface area (Å²) < 4.78 is 69.3. The van der Waals surface area contributed by atoms with Gasteiger partial charge in [0.25, 0.3) is 0 Å². The van der Waals surface area contributed by atoms with Crippen molar-refractivity contribution in [1.29, 1.82) is 0 Å². The normalized spacial score (nSPS) is 14.2. The van der Waals surface area contributed by atoms with Gasteiger partial charge in [-0.15, -0.1) is 0 Å². The zero-order valence-corrected chi connectivity index (χ0v) is 17.3. The highest BCUT2D eigenvalue weighted by Crippen LogP contribution is 3.02. The summed E-state index contributed by atoms with van der Waals surface area (Å²) in [5.74, 6) is -1.18. The minimum atomic E-state index is -9.91. The van der Waals surface area contributed by atoms with E-state index in [1.807, 2.05) is 0 Å². The van der Waals surface area contributed by atoms with Crippen LogP contribution in [0.4, 0.5) is 19.4 Å². The number of ether oxygens (including phenoxy) is 1. The zero-order valence-electron chi connectivity index (χ0n) is 15.8. The second-order valence-electron chi connectivity index (χ2n) is 6.81. The third-order valence-electron chi connectivity index (χ3n) is 4.29. The molecular formula is C20H22ClF5O2S. The van der Waals surface area contributed by atoms with Crippen molar-refractivity contribution >= 4 is 27.8 Å². The zero-order chi connectivity index (χ0) is 21.8. The number of carbonyl (C=O) groups excluding carboxylic acids is 1. The maximum Gasteiger partial charge on any atom is 0.343 e. The number of unbranched alkanes of at least 4 members (excludes halogenated alkanes) is 4. The minimum Gasteiger partial charge on any atom is -0.423 e. The lowest BCUT2D eigenvalue weighted by Gasteiger charge is -2.41. The van der Waals surface area contributed by atoms with Crippen LogP contribution in [0, 0.1) is 0 Å². The molecule has 2 aromatic carbocycles. The van der Waals surface area contributed by atoms with Crippen molar-refractivity contribution in [3.63, 3.8) is 0 Å². The Morgan fingerprint density at radius 1 is 0.931 bits per heavy atom. The first kappa shape index (κ1) is 23.5. The van der Waals surface area contributed by atoms with E-state index < -0.39 is 26.1 Å². The number of esters is 1. The van der Waals surface area contributed by atoms with E-state index in [-0.39, 0.29) is 17.4 Å². The first-order valence-corrected chi connectivity index (χ1v) is 11.5. The summed E-state index contributed by atoms with van der Waals surface area (Å²) in [6.07, 6.45) is 6.62. The predicted molar refractivity (Wildman–Crippen MR) is 107 cm³/mol. The molecule has 0 N–H and O–H groups in total. The maximum absolute atomic E-state index is 12.9. The van der Waals surface area contributed by atoms with Gasteiger partial charge in [-0.05, 0) is 42.7 Å². The van der Waals surface area contributed by atoms with Gasteiger partial charge in [0.15, 0.2) is 0 Å². The molecule has 0 atom stereocenters. The Labute approximate surface area is 171 Å². The van der Waals surface area contributed by atoms with Gasteiger partial charge in [-0.25, -0.2) is 4.79 Å². The first-order chi connectivity index (χ1) is 13.3. The van der Waals surface area contributed by atoms with Gasteiger partial charge >= 0.3 is 16.2 Å². The van der Waals surface area contributed by atoms with E-state index in [1.54, 1.807) is 24.3 Å². The van der Waals surface area contributed by atoms with Crippen LogP contribution in [0.25, 0.3) is 0 Å². The van der Waals surface area contributed by atoms with Crippen LogP contribution in [-0.4, -0.2) is 5.97 Å². The third-order valence-corrected chi connectivity index (χ3v) is 5.90. The smallest absolute Gasteiger partial charge is 0.343 e. The molecule has 0 saturated heterocycles. The number of aryl methyl sites for hydroxylation is 1. The fourth-order valence-electron chi connectivity index (χ4n) is 2.76. The molecule has 0 fully saturated rings. The molecule has 0 amide bonds. The summed E-state index contributed by atoms with van der Waals surface area (Å²) in [6, 6.07) is 7.97. The van der Waals surface area contributed by atoms with E-state index in [0.29, 0.717) is 12.1 Å². The minimum absolute atomic E-state index is 0.119. The molecule has 29 heavy (non-hydrogen) atoms. The van der Waals surface area contributed by atoms with Gasteiger partial charge in [-0.1, -0.05) is 75.8 Å². The van der Waals surface area contributed by atoms with E-state index in [2.05, 4.69) is 6.92 Å². The summed E-state index contributed by atoms with van der Waals surface area (Å²) >= 11 is 5.36. The van der Waals surface area contributed by atoms with E-state index in [4.69, 9.17) is 16.3 Å². The van der Waals surface area contributed by atoms with Crippen LogP contribution in [0.15, 0.2) is 47.4 Å². The van der Waals surface area contributed by atoms with Gasteiger partial charge in [0.2, 0.25) is 0 Å². The molecule has 0 unspecified atom stereocenters. The molecule has 0 radical (unpaired) electrons. The molecular weight excluding hydrogens is 435 g/mol. The second kappa shape index (κ2) is 8.14. The van der Waals surface area contributed by atoms with Crippen molar-refractivity contribution in [1.82, 2.24) is 0 Å². The lowest BCUT2D eigenvalue weighted by Crippen LogP contribution is -2.10. The fourth-order valence-corrected chi connectivity index (χ4v) is 4.12. The summed E-state index contributed by atoms with van der Waals surface area (Å²) in [5.41, 5.74) is 1.24. The fraction of sp³-hybridized carbons (Fsp3) is 0.350. The maximum atomic E-state index is 12.9. The van der Waals surface area contributed by atoms with Crippen molar-refractivity contribution in [3.8, 4) is 5.75 Å². The highest BCUT2D eigenvalue weighted by molar-refractivity contribution is 8.45. The second-order valence-corrected chi connectivity index (χ2v) is 9.60. The van der Waals surface area contributed by atoms with Gasteiger partial charge in [-0.2, -0.15) is 0 Å². The summed E-state index contributed by atoms with van der Waals surface area (Å²) in [5, 5.41) is -1.23. The molecule has 2 rings (SSSR count). The number of halogens is 6. The number of benzene rings is 2. The lowest BCUT2D eigenvalue weighted by atomic mass is 10.0. The van der Waals surface area contributed by atoms with Crippen molar-refractivity contribution < 1.29 is 29.0 Å². The first-order valence-electron chi connectivity index (χ1n) is 9.15. The van der Waals surface area contributed by atoms with E-state index in [9.17, 15) is 24.2 Å².